The van der Waals surface area contributed by atoms with Crippen LogP contribution in [0.4, 0.5) is 16.2 Å². The molecule has 0 saturated heterocycles. The van der Waals surface area contributed by atoms with Crippen molar-refractivity contribution < 1.29 is 23.8 Å². The number of urea groups is 1. The van der Waals surface area contributed by atoms with Crippen LogP contribution in [0.2, 0.25) is 0 Å². The molecule has 0 atom stereocenters. The Kier molecular flexibility index (Phi) is 6.11. The third-order valence-electron chi connectivity index (χ3n) is 4.80. The van der Waals surface area contributed by atoms with E-state index in [9.17, 15) is 9.59 Å². The van der Waals surface area contributed by atoms with Crippen molar-refractivity contribution in [2.75, 3.05) is 38.1 Å². The van der Waals surface area contributed by atoms with Gasteiger partial charge in [0.15, 0.2) is 11.5 Å². The van der Waals surface area contributed by atoms with Crippen LogP contribution in [0.15, 0.2) is 30.3 Å². The molecular formula is C21H25N3O5. The molecule has 2 aromatic carbocycles. The van der Waals surface area contributed by atoms with Gasteiger partial charge in [0.1, 0.15) is 0 Å². The van der Waals surface area contributed by atoms with Crippen LogP contribution < -0.4 is 29.7 Å². The summed E-state index contributed by atoms with van der Waals surface area (Å²) in [6.07, 6.45) is 0.820. The third kappa shape index (κ3) is 4.37. The molecule has 154 valence electrons. The van der Waals surface area contributed by atoms with Crippen LogP contribution in [0, 0.1) is 0 Å². The summed E-state index contributed by atoms with van der Waals surface area (Å²) in [6.45, 7) is 2.63. The quantitative estimate of drug-likeness (QED) is 0.780. The first-order valence-corrected chi connectivity index (χ1v) is 9.21. The largest absolute Gasteiger partial charge is 0.493 e. The third-order valence-corrected chi connectivity index (χ3v) is 4.80. The number of rotatable bonds is 6. The minimum atomic E-state index is -0.356. The Morgan fingerprint density at radius 1 is 1.03 bits per heavy atom. The molecule has 3 amide bonds. The Labute approximate surface area is 169 Å². The summed E-state index contributed by atoms with van der Waals surface area (Å²) in [5.41, 5.74) is 3.55. The first-order valence-electron chi connectivity index (χ1n) is 9.21. The Hall–Kier alpha value is -3.42. The number of ether oxygens (including phenoxy) is 3. The highest BCUT2D eigenvalue weighted by atomic mass is 16.5. The molecule has 3 rings (SSSR count). The standard InChI is InChI=1S/C21H25N3O5/c1-13(25)24-8-7-15-9-14(5-6-17(15)24)12-22-21(26)23-16-10-18(27-2)20(29-4)19(11-16)28-3/h5-6,9-11H,7-8,12H2,1-4H3,(H2,22,23,26). The van der Waals surface area contributed by atoms with E-state index in [0.29, 0.717) is 36.0 Å². The van der Waals surface area contributed by atoms with Crippen LogP contribution in [-0.4, -0.2) is 39.8 Å². The number of fused-ring (bicyclic) bond motifs is 1. The molecule has 29 heavy (non-hydrogen) atoms. The van der Waals surface area contributed by atoms with E-state index in [4.69, 9.17) is 14.2 Å². The van der Waals surface area contributed by atoms with Crippen LogP contribution in [-0.2, 0) is 17.8 Å². The molecule has 0 spiro atoms. The smallest absolute Gasteiger partial charge is 0.319 e. The number of amides is 3. The van der Waals surface area contributed by atoms with Crippen molar-refractivity contribution >= 4 is 23.3 Å². The number of methoxy groups -OCH3 is 3. The fourth-order valence-corrected chi connectivity index (χ4v) is 3.40. The van der Waals surface area contributed by atoms with E-state index in [2.05, 4.69) is 10.6 Å². The zero-order valence-electron chi connectivity index (χ0n) is 17.0. The molecule has 0 fully saturated rings. The van der Waals surface area contributed by atoms with Gasteiger partial charge in [-0.2, -0.15) is 0 Å². The number of benzene rings is 2. The van der Waals surface area contributed by atoms with E-state index in [0.717, 1.165) is 23.2 Å². The highest BCUT2D eigenvalue weighted by molar-refractivity contribution is 5.94. The van der Waals surface area contributed by atoms with Gasteiger partial charge in [-0.25, -0.2) is 4.79 Å². The Bertz CT molecular complexity index is 904. The minimum Gasteiger partial charge on any atom is -0.493 e. The summed E-state index contributed by atoms with van der Waals surface area (Å²) < 4.78 is 15.9. The van der Waals surface area contributed by atoms with E-state index in [1.54, 1.807) is 24.0 Å². The zero-order valence-corrected chi connectivity index (χ0v) is 17.0. The fourth-order valence-electron chi connectivity index (χ4n) is 3.40. The van der Waals surface area contributed by atoms with Gasteiger partial charge in [0.05, 0.1) is 27.0 Å². The lowest BCUT2D eigenvalue weighted by molar-refractivity contribution is -0.116. The van der Waals surface area contributed by atoms with Crippen LogP contribution in [0.3, 0.4) is 0 Å². The van der Waals surface area contributed by atoms with Gasteiger partial charge in [0.2, 0.25) is 11.7 Å². The van der Waals surface area contributed by atoms with Gasteiger partial charge in [0.25, 0.3) is 0 Å². The normalized spacial score (nSPS) is 12.2. The molecule has 0 saturated carbocycles. The van der Waals surface area contributed by atoms with Gasteiger partial charge in [-0.1, -0.05) is 12.1 Å². The van der Waals surface area contributed by atoms with Gasteiger partial charge >= 0.3 is 6.03 Å². The lowest BCUT2D eigenvalue weighted by Crippen LogP contribution is -2.28. The maximum Gasteiger partial charge on any atom is 0.319 e. The molecule has 0 aliphatic carbocycles. The van der Waals surface area contributed by atoms with E-state index >= 15 is 0 Å². The first kappa shape index (κ1) is 20.3. The maximum atomic E-state index is 12.3. The Morgan fingerprint density at radius 2 is 1.72 bits per heavy atom. The number of nitrogens with zero attached hydrogens (tertiary/aromatic N) is 1. The summed E-state index contributed by atoms with van der Waals surface area (Å²) in [5.74, 6) is 1.41. The predicted molar refractivity (Wildman–Crippen MR) is 110 cm³/mol. The van der Waals surface area contributed by atoms with Crippen molar-refractivity contribution in [2.45, 2.75) is 19.9 Å². The fraction of sp³-hybridized carbons (Fsp3) is 0.333. The van der Waals surface area contributed by atoms with Crippen molar-refractivity contribution in [3.8, 4) is 17.2 Å². The molecule has 0 aromatic heterocycles. The summed E-state index contributed by atoms with van der Waals surface area (Å²) in [5, 5.41) is 5.60. The average molecular weight is 399 g/mol. The lowest BCUT2D eigenvalue weighted by atomic mass is 10.1. The molecular weight excluding hydrogens is 374 g/mol. The molecule has 1 aliphatic rings. The summed E-state index contributed by atoms with van der Waals surface area (Å²) in [4.78, 5) is 25.7. The number of hydrogen-bond donors (Lipinski definition) is 2. The monoisotopic (exact) mass is 399 g/mol. The molecule has 0 radical (unpaired) electrons. The summed E-state index contributed by atoms with van der Waals surface area (Å²) in [7, 11) is 4.55. The van der Waals surface area contributed by atoms with Gasteiger partial charge in [-0.3, -0.25) is 4.79 Å². The highest BCUT2D eigenvalue weighted by Gasteiger charge is 2.22. The Balaban J connectivity index is 1.64. The number of carbonyl (C=O) groups is 2. The summed E-state index contributed by atoms with van der Waals surface area (Å²) in [6, 6.07) is 8.83. The second-order valence-electron chi connectivity index (χ2n) is 6.61. The first-order chi connectivity index (χ1) is 14.0. The summed E-state index contributed by atoms with van der Waals surface area (Å²) >= 11 is 0. The van der Waals surface area contributed by atoms with E-state index in [1.807, 2.05) is 18.2 Å². The van der Waals surface area contributed by atoms with Crippen molar-refractivity contribution in [2.24, 2.45) is 0 Å². The van der Waals surface area contributed by atoms with Gasteiger partial charge in [0, 0.05) is 37.8 Å². The second-order valence-corrected chi connectivity index (χ2v) is 6.61. The number of carbonyl (C=O) groups excluding carboxylic acids is 2. The van der Waals surface area contributed by atoms with Crippen LogP contribution >= 0.6 is 0 Å². The lowest BCUT2D eigenvalue weighted by Gasteiger charge is -2.16. The Morgan fingerprint density at radius 3 is 2.31 bits per heavy atom. The molecule has 0 bridgehead atoms. The molecule has 2 N–H and O–H groups in total. The molecule has 8 heteroatoms. The van der Waals surface area contributed by atoms with Crippen LogP contribution in [0.5, 0.6) is 17.2 Å². The molecule has 1 heterocycles. The van der Waals surface area contributed by atoms with Gasteiger partial charge in [-0.05, 0) is 23.6 Å². The van der Waals surface area contributed by atoms with E-state index in [1.165, 1.54) is 21.3 Å². The maximum absolute atomic E-state index is 12.3. The molecule has 8 nitrogen and oxygen atoms in total. The zero-order chi connectivity index (χ0) is 21.0. The van der Waals surface area contributed by atoms with E-state index < -0.39 is 0 Å². The van der Waals surface area contributed by atoms with Crippen LogP contribution in [0.25, 0.3) is 0 Å². The molecule has 2 aromatic rings. The van der Waals surface area contributed by atoms with Crippen molar-refractivity contribution in [3.63, 3.8) is 0 Å². The predicted octanol–water partition coefficient (Wildman–Crippen LogP) is 2.94. The van der Waals surface area contributed by atoms with Crippen LogP contribution in [0.1, 0.15) is 18.1 Å². The number of nitrogens with one attached hydrogen (secondary N) is 2. The average Bonchev–Trinajstić information content (AvgIpc) is 3.15. The SMILES string of the molecule is COc1cc(NC(=O)NCc2ccc3c(c2)CCN3C(C)=O)cc(OC)c1OC. The number of anilines is 2. The second kappa shape index (κ2) is 8.72. The van der Waals surface area contributed by atoms with Gasteiger partial charge < -0.3 is 29.7 Å². The van der Waals surface area contributed by atoms with E-state index in [-0.39, 0.29) is 11.9 Å². The van der Waals surface area contributed by atoms with Gasteiger partial charge in [-0.15, -0.1) is 0 Å². The van der Waals surface area contributed by atoms with Crippen molar-refractivity contribution in [1.29, 1.82) is 0 Å². The number of hydrogen-bond acceptors (Lipinski definition) is 5. The van der Waals surface area contributed by atoms with Crippen molar-refractivity contribution in [1.82, 2.24) is 5.32 Å². The minimum absolute atomic E-state index is 0.0411. The highest BCUT2D eigenvalue weighted by Crippen LogP contribution is 2.39. The molecule has 1 aliphatic heterocycles. The van der Waals surface area contributed by atoms with Crippen molar-refractivity contribution in [3.05, 3.63) is 41.5 Å². The topological polar surface area (TPSA) is 89.1 Å². The molecule has 0 unspecified atom stereocenters.